The summed E-state index contributed by atoms with van der Waals surface area (Å²) < 4.78 is 12.3. The summed E-state index contributed by atoms with van der Waals surface area (Å²) in [4.78, 5) is 12.5. The molecule has 0 saturated carbocycles. The maximum absolute atomic E-state index is 12.5. The first kappa shape index (κ1) is 14.1. The molecule has 1 atom stereocenters. The third kappa shape index (κ3) is 2.79. The lowest BCUT2D eigenvalue weighted by Gasteiger charge is -2.10. The van der Waals surface area contributed by atoms with Crippen LogP contribution in [0.1, 0.15) is 23.3 Å². The number of benzene rings is 1. The quantitative estimate of drug-likeness (QED) is 0.620. The summed E-state index contributed by atoms with van der Waals surface area (Å²) in [5, 5.41) is 0. The summed E-state index contributed by atoms with van der Waals surface area (Å²) in [6.07, 6.45) is 3.76. The van der Waals surface area contributed by atoms with Crippen molar-refractivity contribution in [2.75, 3.05) is 14.2 Å². The van der Waals surface area contributed by atoms with Crippen molar-refractivity contribution in [2.45, 2.75) is 13.0 Å². The van der Waals surface area contributed by atoms with E-state index in [-0.39, 0.29) is 11.8 Å². The summed E-state index contributed by atoms with van der Waals surface area (Å²) >= 11 is 0. The number of ketones is 1. The van der Waals surface area contributed by atoms with Gasteiger partial charge in [-0.25, -0.2) is 0 Å². The highest BCUT2D eigenvalue weighted by Gasteiger charge is 2.23. The van der Waals surface area contributed by atoms with Gasteiger partial charge in [-0.1, -0.05) is 6.07 Å². The highest BCUT2D eigenvalue weighted by molar-refractivity contribution is 5.98. The van der Waals surface area contributed by atoms with Gasteiger partial charge in [0, 0.05) is 24.6 Å². The number of carbonyl (C=O) groups excluding carboxylic acids is 1. The van der Waals surface area contributed by atoms with E-state index in [9.17, 15) is 4.79 Å². The molecule has 0 aliphatic rings. The smallest absolute Gasteiger partial charge is 0.230 e. The standard InChI is InChI=1S/C16H18NO3/c1-12(17-9-5-4-6-10-17)16(18)13-7-8-14(19-2)15(11-13)20-3/h4-12H,1-3H3/q+1. The monoisotopic (exact) mass is 272 g/mol. The van der Waals surface area contributed by atoms with Crippen LogP contribution in [0.2, 0.25) is 0 Å². The molecule has 0 aliphatic carbocycles. The largest absolute Gasteiger partial charge is 0.493 e. The number of ether oxygens (including phenoxy) is 2. The number of nitrogens with zero attached hydrogens (tertiary/aromatic N) is 1. The highest BCUT2D eigenvalue weighted by Crippen LogP contribution is 2.28. The van der Waals surface area contributed by atoms with E-state index in [1.54, 1.807) is 32.4 Å². The molecule has 0 aliphatic heterocycles. The molecule has 0 fully saturated rings. The minimum Gasteiger partial charge on any atom is -0.493 e. The van der Waals surface area contributed by atoms with Gasteiger partial charge in [0.2, 0.25) is 11.8 Å². The molecular formula is C16H18NO3+. The van der Waals surface area contributed by atoms with Crippen LogP contribution in [0.25, 0.3) is 0 Å². The van der Waals surface area contributed by atoms with Crippen molar-refractivity contribution in [3.05, 3.63) is 54.4 Å². The van der Waals surface area contributed by atoms with Crippen LogP contribution < -0.4 is 14.0 Å². The molecule has 0 bridgehead atoms. The average Bonchev–Trinajstić information content (AvgIpc) is 2.53. The normalized spacial score (nSPS) is 11.8. The van der Waals surface area contributed by atoms with Gasteiger partial charge < -0.3 is 9.47 Å². The predicted octanol–water partition coefficient (Wildman–Crippen LogP) is 2.44. The lowest BCUT2D eigenvalue weighted by Crippen LogP contribution is -2.41. The van der Waals surface area contributed by atoms with E-state index in [0.29, 0.717) is 17.1 Å². The lowest BCUT2D eigenvalue weighted by molar-refractivity contribution is -0.704. The van der Waals surface area contributed by atoms with E-state index in [2.05, 4.69) is 0 Å². The van der Waals surface area contributed by atoms with E-state index in [0.717, 1.165) is 0 Å². The van der Waals surface area contributed by atoms with E-state index in [1.165, 1.54) is 0 Å². The number of hydrogen-bond acceptors (Lipinski definition) is 3. The third-order valence-corrected chi connectivity index (χ3v) is 3.23. The number of rotatable bonds is 5. The molecule has 104 valence electrons. The molecule has 0 spiro atoms. The van der Waals surface area contributed by atoms with E-state index >= 15 is 0 Å². The molecule has 1 aromatic carbocycles. The Bertz CT molecular complexity index is 596. The van der Waals surface area contributed by atoms with Crippen LogP contribution in [-0.2, 0) is 0 Å². The third-order valence-electron chi connectivity index (χ3n) is 3.23. The van der Waals surface area contributed by atoms with Crippen molar-refractivity contribution >= 4 is 5.78 Å². The molecule has 0 amide bonds. The van der Waals surface area contributed by atoms with Gasteiger partial charge >= 0.3 is 0 Å². The van der Waals surface area contributed by atoms with Gasteiger partial charge in [-0.15, -0.1) is 0 Å². The topological polar surface area (TPSA) is 39.4 Å². The summed E-state index contributed by atoms with van der Waals surface area (Å²) in [5.74, 6) is 1.20. The summed E-state index contributed by atoms with van der Waals surface area (Å²) in [6.45, 7) is 1.87. The number of hydrogen-bond donors (Lipinski definition) is 0. The Morgan fingerprint density at radius 1 is 1.05 bits per heavy atom. The van der Waals surface area contributed by atoms with E-state index in [4.69, 9.17) is 9.47 Å². The van der Waals surface area contributed by atoms with Crippen LogP contribution in [0, 0.1) is 0 Å². The van der Waals surface area contributed by atoms with Gasteiger partial charge in [0.15, 0.2) is 23.9 Å². The molecule has 2 aromatic rings. The fourth-order valence-electron chi connectivity index (χ4n) is 2.04. The fraction of sp³-hybridized carbons (Fsp3) is 0.250. The van der Waals surface area contributed by atoms with E-state index in [1.807, 2.05) is 42.1 Å². The van der Waals surface area contributed by atoms with E-state index < -0.39 is 0 Å². The minimum absolute atomic E-state index is 0.0298. The number of methoxy groups -OCH3 is 2. The van der Waals surface area contributed by atoms with Gasteiger partial charge in [-0.3, -0.25) is 4.79 Å². The van der Waals surface area contributed by atoms with Gasteiger partial charge in [0.1, 0.15) is 0 Å². The zero-order valence-corrected chi connectivity index (χ0v) is 11.9. The van der Waals surface area contributed by atoms with Gasteiger partial charge in [0.25, 0.3) is 0 Å². The first-order valence-corrected chi connectivity index (χ1v) is 6.39. The van der Waals surface area contributed by atoms with Gasteiger partial charge in [-0.05, 0) is 18.2 Å². The van der Waals surface area contributed by atoms with Crippen molar-refractivity contribution in [3.63, 3.8) is 0 Å². The molecule has 20 heavy (non-hydrogen) atoms. The summed E-state index contributed by atoms with van der Waals surface area (Å²) in [5.41, 5.74) is 0.603. The Kier molecular flexibility index (Phi) is 4.35. The maximum Gasteiger partial charge on any atom is 0.230 e. The molecule has 1 aromatic heterocycles. The van der Waals surface area contributed by atoms with Crippen LogP contribution >= 0.6 is 0 Å². The number of aromatic nitrogens is 1. The number of pyridine rings is 1. The first-order valence-electron chi connectivity index (χ1n) is 6.39. The number of carbonyl (C=O) groups is 1. The van der Waals surface area contributed by atoms with Crippen molar-refractivity contribution in [2.24, 2.45) is 0 Å². The van der Waals surface area contributed by atoms with Crippen molar-refractivity contribution in [1.82, 2.24) is 0 Å². The Hall–Kier alpha value is -2.36. The second-order valence-electron chi connectivity index (χ2n) is 4.43. The Labute approximate surface area is 118 Å². The van der Waals surface area contributed by atoms with Crippen molar-refractivity contribution in [1.29, 1.82) is 0 Å². The second kappa shape index (κ2) is 6.19. The summed E-state index contributed by atoms with van der Waals surface area (Å²) in [7, 11) is 3.13. The van der Waals surface area contributed by atoms with Crippen LogP contribution in [0.15, 0.2) is 48.8 Å². The molecule has 0 N–H and O–H groups in total. The first-order chi connectivity index (χ1) is 9.67. The van der Waals surface area contributed by atoms with Gasteiger partial charge in [0.05, 0.1) is 14.2 Å². The molecule has 2 rings (SSSR count). The Morgan fingerprint density at radius 2 is 1.70 bits per heavy atom. The lowest BCUT2D eigenvalue weighted by atomic mass is 10.0. The second-order valence-corrected chi connectivity index (χ2v) is 4.43. The van der Waals surface area contributed by atoms with Crippen molar-refractivity contribution in [3.8, 4) is 11.5 Å². The predicted molar refractivity (Wildman–Crippen MR) is 75.2 cm³/mol. The van der Waals surface area contributed by atoms with Gasteiger partial charge in [-0.2, -0.15) is 4.57 Å². The highest BCUT2D eigenvalue weighted by atomic mass is 16.5. The molecule has 0 radical (unpaired) electrons. The molecular weight excluding hydrogens is 254 g/mol. The molecule has 1 unspecified atom stereocenters. The number of Topliss-reactive ketones (excluding diaryl/α,β-unsaturated/α-hetero) is 1. The zero-order chi connectivity index (χ0) is 14.5. The summed E-state index contributed by atoms with van der Waals surface area (Å²) in [6, 6.07) is 10.7. The SMILES string of the molecule is COc1ccc(C(=O)C(C)[n+]2ccccc2)cc1OC. The molecule has 1 heterocycles. The van der Waals surface area contributed by atoms with Crippen LogP contribution in [-0.4, -0.2) is 20.0 Å². The molecule has 4 heteroatoms. The Balaban J connectivity index is 2.29. The molecule has 0 saturated heterocycles. The average molecular weight is 272 g/mol. The molecule has 4 nitrogen and oxygen atoms in total. The fourth-order valence-corrected chi connectivity index (χ4v) is 2.04. The minimum atomic E-state index is -0.269. The van der Waals surface area contributed by atoms with Crippen molar-refractivity contribution < 1.29 is 18.8 Å². The van der Waals surface area contributed by atoms with Crippen LogP contribution in [0.3, 0.4) is 0 Å². The van der Waals surface area contributed by atoms with Crippen LogP contribution in [0.5, 0.6) is 11.5 Å². The van der Waals surface area contributed by atoms with Crippen LogP contribution in [0.4, 0.5) is 0 Å². The Morgan fingerprint density at radius 3 is 2.30 bits per heavy atom. The zero-order valence-electron chi connectivity index (χ0n) is 11.9. The maximum atomic E-state index is 12.5.